The molecule has 0 spiro atoms. The van der Waals surface area contributed by atoms with Gasteiger partial charge in [0.1, 0.15) is 0 Å². The van der Waals surface area contributed by atoms with Crippen molar-refractivity contribution in [3.05, 3.63) is 0 Å². The van der Waals surface area contributed by atoms with Gasteiger partial charge in [-0.05, 0) is 31.6 Å². The number of amides is 1. The second-order valence-electron chi connectivity index (χ2n) is 5.92. The summed E-state index contributed by atoms with van der Waals surface area (Å²) in [5.74, 6) is -0.526. The molecule has 0 saturated heterocycles. The number of hydrogen-bond acceptors (Lipinski definition) is 3. The highest BCUT2D eigenvalue weighted by atomic mass is 16.4. The molecule has 0 fully saturated rings. The van der Waals surface area contributed by atoms with Gasteiger partial charge in [0, 0.05) is 19.5 Å². The summed E-state index contributed by atoms with van der Waals surface area (Å²) in [5, 5.41) is 11.7. The molecule has 1 unspecified atom stereocenters. The minimum Gasteiger partial charge on any atom is -0.481 e. The molecular formula is C14H28N2O3. The van der Waals surface area contributed by atoms with E-state index in [2.05, 4.69) is 5.32 Å². The summed E-state index contributed by atoms with van der Waals surface area (Å²) in [6, 6.07) is 0. The van der Waals surface area contributed by atoms with Crippen molar-refractivity contribution < 1.29 is 14.7 Å². The third-order valence-corrected chi connectivity index (χ3v) is 3.60. The Kier molecular flexibility index (Phi) is 7.68. The van der Waals surface area contributed by atoms with E-state index < -0.39 is 11.4 Å². The van der Waals surface area contributed by atoms with E-state index in [1.54, 1.807) is 0 Å². The van der Waals surface area contributed by atoms with Gasteiger partial charge in [-0.15, -0.1) is 0 Å². The standard InChI is InChI=1S/C14H28N2O3/c1-5-14(4,9-15)13(19)16-8-11(6-10(2)3)7-12(17)18/h10-11H,5-9,15H2,1-4H3,(H,16,19)(H,17,18)/t11-,14?/m0/s1. The van der Waals surface area contributed by atoms with Crippen LogP contribution in [0.25, 0.3) is 0 Å². The Morgan fingerprint density at radius 2 is 1.95 bits per heavy atom. The first-order chi connectivity index (χ1) is 8.75. The number of carboxylic acids is 1. The third-order valence-electron chi connectivity index (χ3n) is 3.60. The molecule has 0 saturated carbocycles. The lowest BCUT2D eigenvalue weighted by molar-refractivity contribution is -0.138. The number of nitrogens with two attached hydrogens (primary N) is 1. The fourth-order valence-corrected chi connectivity index (χ4v) is 2.00. The van der Waals surface area contributed by atoms with E-state index in [1.807, 2.05) is 27.7 Å². The topological polar surface area (TPSA) is 92.4 Å². The minimum absolute atomic E-state index is 0.0275. The van der Waals surface area contributed by atoms with Crippen molar-refractivity contribution in [3.8, 4) is 0 Å². The van der Waals surface area contributed by atoms with Crippen LogP contribution in [0.2, 0.25) is 0 Å². The summed E-state index contributed by atoms with van der Waals surface area (Å²) in [6.45, 7) is 8.55. The van der Waals surface area contributed by atoms with E-state index in [1.165, 1.54) is 0 Å². The van der Waals surface area contributed by atoms with Crippen molar-refractivity contribution in [3.63, 3.8) is 0 Å². The molecule has 1 amide bonds. The van der Waals surface area contributed by atoms with Gasteiger partial charge in [-0.1, -0.05) is 20.8 Å². The lowest BCUT2D eigenvalue weighted by Gasteiger charge is -2.26. The molecular weight excluding hydrogens is 244 g/mol. The maximum Gasteiger partial charge on any atom is 0.303 e. The summed E-state index contributed by atoms with van der Waals surface area (Å²) in [4.78, 5) is 22.9. The summed E-state index contributed by atoms with van der Waals surface area (Å²) >= 11 is 0. The van der Waals surface area contributed by atoms with Gasteiger partial charge in [-0.2, -0.15) is 0 Å². The third kappa shape index (κ3) is 6.57. The minimum atomic E-state index is -0.822. The van der Waals surface area contributed by atoms with Crippen LogP contribution in [0.1, 0.15) is 47.0 Å². The zero-order chi connectivity index (χ0) is 15.1. The molecule has 19 heavy (non-hydrogen) atoms. The Morgan fingerprint density at radius 1 is 1.37 bits per heavy atom. The van der Waals surface area contributed by atoms with Crippen molar-refractivity contribution in [2.45, 2.75) is 47.0 Å². The average Bonchev–Trinajstić information content (AvgIpc) is 2.33. The number of carboxylic acid groups (broad SMARTS) is 1. The van der Waals surface area contributed by atoms with Crippen LogP contribution in [-0.2, 0) is 9.59 Å². The van der Waals surface area contributed by atoms with Crippen LogP contribution in [0.15, 0.2) is 0 Å². The summed E-state index contributed by atoms with van der Waals surface area (Å²) in [7, 11) is 0. The molecule has 0 rings (SSSR count). The van der Waals surface area contributed by atoms with Crippen LogP contribution in [-0.4, -0.2) is 30.1 Å². The Hall–Kier alpha value is -1.10. The molecule has 5 heteroatoms. The van der Waals surface area contributed by atoms with Gasteiger partial charge in [0.15, 0.2) is 0 Å². The second-order valence-corrected chi connectivity index (χ2v) is 5.92. The van der Waals surface area contributed by atoms with E-state index in [9.17, 15) is 9.59 Å². The molecule has 0 bridgehead atoms. The van der Waals surface area contributed by atoms with Crippen molar-refractivity contribution in [1.82, 2.24) is 5.32 Å². The largest absolute Gasteiger partial charge is 0.481 e. The summed E-state index contributed by atoms with van der Waals surface area (Å²) in [5.41, 5.74) is 5.07. The fraction of sp³-hybridized carbons (Fsp3) is 0.857. The molecule has 0 aliphatic heterocycles. The summed E-state index contributed by atoms with van der Waals surface area (Å²) < 4.78 is 0. The monoisotopic (exact) mass is 272 g/mol. The van der Waals surface area contributed by atoms with Gasteiger partial charge in [-0.25, -0.2) is 0 Å². The van der Waals surface area contributed by atoms with Crippen molar-refractivity contribution in [2.75, 3.05) is 13.1 Å². The Balaban J connectivity index is 4.45. The number of nitrogens with one attached hydrogen (secondary N) is 1. The maximum atomic E-state index is 12.1. The Morgan fingerprint density at radius 3 is 2.32 bits per heavy atom. The zero-order valence-electron chi connectivity index (χ0n) is 12.5. The maximum absolute atomic E-state index is 12.1. The SMILES string of the molecule is CCC(C)(CN)C(=O)NC[C@H](CC(=O)O)CC(C)C. The number of hydrogen-bond donors (Lipinski definition) is 3. The number of rotatable bonds is 9. The molecule has 0 radical (unpaired) electrons. The molecule has 0 aromatic heterocycles. The lowest BCUT2D eigenvalue weighted by Crippen LogP contribution is -2.45. The first-order valence-electron chi connectivity index (χ1n) is 6.95. The van der Waals surface area contributed by atoms with Crippen LogP contribution in [0.4, 0.5) is 0 Å². The van der Waals surface area contributed by atoms with E-state index in [-0.39, 0.29) is 18.2 Å². The predicted octanol–water partition coefficient (Wildman–Crippen LogP) is 1.61. The summed E-state index contributed by atoms with van der Waals surface area (Å²) in [6.07, 6.45) is 1.55. The van der Waals surface area contributed by atoms with Crippen molar-refractivity contribution in [1.29, 1.82) is 0 Å². The van der Waals surface area contributed by atoms with Crippen molar-refractivity contribution in [2.24, 2.45) is 23.0 Å². The molecule has 5 nitrogen and oxygen atoms in total. The normalized spacial score (nSPS) is 15.9. The van der Waals surface area contributed by atoms with E-state index >= 15 is 0 Å². The highest BCUT2D eigenvalue weighted by molar-refractivity contribution is 5.82. The van der Waals surface area contributed by atoms with Gasteiger partial charge in [0.25, 0.3) is 0 Å². The van der Waals surface area contributed by atoms with E-state index in [4.69, 9.17) is 10.8 Å². The van der Waals surface area contributed by atoms with Gasteiger partial charge in [0.2, 0.25) is 5.91 Å². The molecule has 0 heterocycles. The Labute approximate surface area is 115 Å². The lowest BCUT2D eigenvalue weighted by atomic mass is 9.86. The second kappa shape index (κ2) is 8.15. The number of aliphatic carboxylic acids is 1. The van der Waals surface area contributed by atoms with E-state index in [0.29, 0.717) is 25.4 Å². The predicted molar refractivity (Wildman–Crippen MR) is 75.7 cm³/mol. The highest BCUT2D eigenvalue weighted by Crippen LogP contribution is 2.20. The first kappa shape index (κ1) is 17.9. The fourth-order valence-electron chi connectivity index (χ4n) is 2.00. The molecule has 0 aliphatic rings. The van der Waals surface area contributed by atoms with Gasteiger partial charge in [-0.3, -0.25) is 9.59 Å². The van der Waals surface area contributed by atoms with Gasteiger partial charge < -0.3 is 16.2 Å². The molecule has 112 valence electrons. The molecule has 4 N–H and O–H groups in total. The van der Waals surface area contributed by atoms with Crippen molar-refractivity contribution >= 4 is 11.9 Å². The molecule has 0 aliphatic carbocycles. The van der Waals surface area contributed by atoms with Crippen LogP contribution in [0, 0.1) is 17.3 Å². The molecule has 0 aromatic rings. The first-order valence-corrected chi connectivity index (χ1v) is 6.95. The van der Waals surface area contributed by atoms with Crippen LogP contribution in [0.5, 0.6) is 0 Å². The van der Waals surface area contributed by atoms with E-state index in [0.717, 1.165) is 6.42 Å². The molecule has 0 aromatic carbocycles. The van der Waals surface area contributed by atoms with Gasteiger partial charge in [0.05, 0.1) is 5.41 Å². The highest BCUT2D eigenvalue weighted by Gasteiger charge is 2.30. The zero-order valence-corrected chi connectivity index (χ0v) is 12.5. The smallest absolute Gasteiger partial charge is 0.303 e. The average molecular weight is 272 g/mol. The van der Waals surface area contributed by atoms with Crippen LogP contribution >= 0.6 is 0 Å². The quantitative estimate of drug-likeness (QED) is 0.594. The van der Waals surface area contributed by atoms with Gasteiger partial charge >= 0.3 is 5.97 Å². The van der Waals surface area contributed by atoms with Crippen LogP contribution in [0.3, 0.4) is 0 Å². The Bertz CT molecular complexity index is 299. The number of carbonyl (C=O) groups is 2. The van der Waals surface area contributed by atoms with Crippen LogP contribution < -0.4 is 11.1 Å². The number of carbonyl (C=O) groups excluding carboxylic acids is 1. The molecule has 2 atom stereocenters.